The molecule has 0 aliphatic carbocycles. The second kappa shape index (κ2) is 5.58. The first-order valence-electron chi connectivity index (χ1n) is 6.99. The SMILES string of the molecule is Cn1c2c(c(=O)n(C)c1=O)[C@@H](c1ccc(Cl)cc1)C(C#N)=C(N)O2. The van der Waals surface area contributed by atoms with Crippen LogP contribution in [0.25, 0.3) is 0 Å². The molecule has 1 aliphatic rings. The van der Waals surface area contributed by atoms with E-state index in [0.717, 1.165) is 4.57 Å². The summed E-state index contributed by atoms with van der Waals surface area (Å²) in [6.45, 7) is 0. The molecule has 2 aromatic rings. The third-order valence-electron chi connectivity index (χ3n) is 4.02. The molecule has 8 heteroatoms. The molecule has 0 amide bonds. The lowest BCUT2D eigenvalue weighted by Gasteiger charge is -2.27. The Balaban J connectivity index is 2.41. The molecule has 0 spiro atoms. The number of benzene rings is 1. The molecule has 0 unspecified atom stereocenters. The number of nitriles is 1. The molecule has 24 heavy (non-hydrogen) atoms. The number of hydrogen-bond donors (Lipinski definition) is 1. The van der Waals surface area contributed by atoms with Crippen molar-refractivity contribution < 1.29 is 4.74 Å². The Hall–Kier alpha value is -2.98. The van der Waals surface area contributed by atoms with Crippen LogP contribution < -0.4 is 21.7 Å². The van der Waals surface area contributed by atoms with Crippen molar-refractivity contribution in [2.75, 3.05) is 0 Å². The van der Waals surface area contributed by atoms with Gasteiger partial charge in [0.25, 0.3) is 5.56 Å². The zero-order valence-corrected chi connectivity index (χ0v) is 13.7. The minimum absolute atomic E-state index is 0.0413. The third-order valence-corrected chi connectivity index (χ3v) is 4.27. The van der Waals surface area contributed by atoms with Crippen LogP contribution in [0.4, 0.5) is 0 Å². The highest BCUT2D eigenvalue weighted by Gasteiger charge is 2.35. The number of allylic oxidation sites excluding steroid dienone is 1. The molecule has 2 N–H and O–H groups in total. The quantitative estimate of drug-likeness (QED) is 0.829. The number of fused-ring (bicyclic) bond motifs is 1. The molecule has 0 saturated carbocycles. The molecule has 1 aromatic heterocycles. The highest BCUT2D eigenvalue weighted by molar-refractivity contribution is 6.30. The van der Waals surface area contributed by atoms with E-state index in [1.165, 1.54) is 18.7 Å². The van der Waals surface area contributed by atoms with Gasteiger partial charge in [0.15, 0.2) is 0 Å². The van der Waals surface area contributed by atoms with Gasteiger partial charge in [-0.3, -0.25) is 13.9 Å². The van der Waals surface area contributed by atoms with Crippen molar-refractivity contribution in [2.45, 2.75) is 5.92 Å². The highest BCUT2D eigenvalue weighted by atomic mass is 35.5. The maximum atomic E-state index is 12.7. The summed E-state index contributed by atoms with van der Waals surface area (Å²) < 4.78 is 7.59. The lowest BCUT2D eigenvalue weighted by atomic mass is 9.85. The van der Waals surface area contributed by atoms with Crippen molar-refractivity contribution in [1.82, 2.24) is 9.13 Å². The van der Waals surface area contributed by atoms with E-state index in [-0.39, 0.29) is 22.9 Å². The largest absolute Gasteiger partial charge is 0.423 e. The Morgan fingerprint density at radius 3 is 2.42 bits per heavy atom. The summed E-state index contributed by atoms with van der Waals surface area (Å²) in [6.07, 6.45) is 0. The number of nitrogens with zero attached hydrogens (tertiary/aromatic N) is 3. The summed E-state index contributed by atoms with van der Waals surface area (Å²) >= 11 is 5.91. The van der Waals surface area contributed by atoms with Gasteiger partial charge in [-0.2, -0.15) is 5.26 Å². The molecule has 0 saturated heterocycles. The molecule has 2 heterocycles. The lowest BCUT2D eigenvalue weighted by Crippen LogP contribution is -2.42. The Bertz CT molecular complexity index is 1030. The van der Waals surface area contributed by atoms with Gasteiger partial charge in [0.05, 0.1) is 11.5 Å². The van der Waals surface area contributed by atoms with E-state index in [4.69, 9.17) is 22.1 Å². The third kappa shape index (κ3) is 2.20. The average molecular weight is 345 g/mol. The van der Waals surface area contributed by atoms with Gasteiger partial charge in [0, 0.05) is 19.1 Å². The average Bonchev–Trinajstić information content (AvgIpc) is 2.57. The van der Waals surface area contributed by atoms with Gasteiger partial charge < -0.3 is 10.5 Å². The monoisotopic (exact) mass is 344 g/mol. The number of halogens is 1. The fourth-order valence-electron chi connectivity index (χ4n) is 2.78. The summed E-state index contributed by atoms with van der Waals surface area (Å²) in [5.74, 6) is -0.825. The molecule has 1 aromatic carbocycles. The molecule has 7 nitrogen and oxygen atoms in total. The van der Waals surface area contributed by atoms with Crippen LogP contribution >= 0.6 is 11.6 Å². The number of aromatic nitrogens is 2. The van der Waals surface area contributed by atoms with E-state index in [1.807, 2.05) is 6.07 Å². The second-order valence-corrected chi connectivity index (χ2v) is 5.84. The molecule has 0 bridgehead atoms. The van der Waals surface area contributed by atoms with Gasteiger partial charge in [-0.05, 0) is 17.7 Å². The standard InChI is InChI=1S/C16H13ClN4O3/c1-20-14(22)12-11(8-3-5-9(17)6-4-8)10(7-18)13(19)24-15(12)21(2)16(20)23/h3-6,11H,19H2,1-2H3/t11-/m0/s1. The topological polar surface area (TPSA) is 103 Å². The first-order chi connectivity index (χ1) is 11.4. The first kappa shape index (κ1) is 15.9. The van der Waals surface area contributed by atoms with E-state index in [9.17, 15) is 14.9 Å². The summed E-state index contributed by atoms with van der Waals surface area (Å²) in [5.41, 5.74) is 5.73. The molecule has 1 aliphatic heterocycles. The van der Waals surface area contributed by atoms with Crippen LogP contribution in [-0.2, 0) is 14.1 Å². The first-order valence-corrected chi connectivity index (χ1v) is 7.37. The van der Waals surface area contributed by atoms with Crippen molar-refractivity contribution in [3.63, 3.8) is 0 Å². The minimum atomic E-state index is -0.735. The predicted molar refractivity (Wildman–Crippen MR) is 87.7 cm³/mol. The molecule has 122 valence electrons. The smallest absolute Gasteiger partial charge is 0.333 e. The molecular formula is C16H13ClN4O3. The van der Waals surface area contributed by atoms with Gasteiger partial charge >= 0.3 is 5.69 Å². The fourth-order valence-corrected chi connectivity index (χ4v) is 2.90. The predicted octanol–water partition coefficient (Wildman–Crippen LogP) is 0.956. The van der Waals surface area contributed by atoms with Crippen LogP contribution in [0.5, 0.6) is 5.88 Å². The molecular weight excluding hydrogens is 332 g/mol. The Morgan fingerprint density at radius 1 is 1.21 bits per heavy atom. The highest BCUT2D eigenvalue weighted by Crippen LogP contribution is 2.39. The summed E-state index contributed by atoms with van der Waals surface area (Å²) in [5, 5.41) is 10.0. The van der Waals surface area contributed by atoms with Crippen molar-refractivity contribution >= 4 is 11.6 Å². The maximum absolute atomic E-state index is 12.7. The van der Waals surface area contributed by atoms with Crippen LogP contribution in [-0.4, -0.2) is 9.13 Å². The molecule has 1 atom stereocenters. The van der Waals surface area contributed by atoms with Crippen LogP contribution in [0.2, 0.25) is 5.02 Å². The van der Waals surface area contributed by atoms with Crippen LogP contribution in [0, 0.1) is 11.3 Å². The summed E-state index contributed by atoms with van der Waals surface area (Å²) in [7, 11) is 2.85. The van der Waals surface area contributed by atoms with Crippen molar-refractivity contribution in [3.05, 3.63) is 72.7 Å². The lowest BCUT2D eigenvalue weighted by molar-refractivity contribution is 0.348. The van der Waals surface area contributed by atoms with Crippen molar-refractivity contribution in [2.24, 2.45) is 19.8 Å². The number of hydrogen-bond acceptors (Lipinski definition) is 5. The Labute approximate surface area is 141 Å². The van der Waals surface area contributed by atoms with E-state index >= 15 is 0 Å². The van der Waals surface area contributed by atoms with Gasteiger partial charge in [-0.1, -0.05) is 23.7 Å². The molecule has 0 fully saturated rings. The number of rotatable bonds is 1. The van der Waals surface area contributed by atoms with E-state index < -0.39 is 17.2 Å². The molecule has 0 radical (unpaired) electrons. The maximum Gasteiger partial charge on any atom is 0.333 e. The van der Waals surface area contributed by atoms with Crippen LogP contribution in [0.3, 0.4) is 0 Å². The molecule has 3 rings (SSSR count). The normalized spacial score (nSPS) is 16.3. The van der Waals surface area contributed by atoms with Gasteiger partial charge in [0.1, 0.15) is 11.6 Å². The minimum Gasteiger partial charge on any atom is -0.423 e. The van der Waals surface area contributed by atoms with Crippen LogP contribution in [0.15, 0.2) is 45.3 Å². The van der Waals surface area contributed by atoms with Crippen molar-refractivity contribution in [1.29, 1.82) is 5.26 Å². The van der Waals surface area contributed by atoms with Gasteiger partial charge in [-0.25, -0.2) is 4.79 Å². The van der Waals surface area contributed by atoms with E-state index in [1.54, 1.807) is 24.3 Å². The van der Waals surface area contributed by atoms with Gasteiger partial charge in [0.2, 0.25) is 11.8 Å². The van der Waals surface area contributed by atoms with Gasteiger partial charge in [-0.15, -0.1) is 0 Å². The van der Waals surface area contributed by atoms with E-state index in [2.05, 4.69) is 0 Å². The summed E-state index contributed by atoms with van der Waals surface area (Å²) in [6, 6.07) is 8.72. The van der Waals surface area contributed by atoms with Crippen molar-refractivity contribution in [3.8, 4) is 11.9 Å². The second-order valence-electron chi connectivity index (χ2n) is 5.40. The zero-order chi connectivity index (χ0) is 17.6. The Morgan fingerprint density at radius 2 is 1.83 bits per heavy atom. The fraction of sp³-hybridized carbons (Fsp3) is 0.188. The number of nitrogens with two attached hydrogens (primary N) is 1. The Kier molecular flexibility index (Phi) is 3.70. The zero-order valence-electron chi connectivity index (χ0n) is 12.9. The number of ether oxygens (including phenoxy) is 1. The van der Waals surface area contributed by atoms with E-state index in [0.29, 0.717) is 10.6 Å². The van der Waals surface area contributed by atoms with Crippen LogP contribution in [0.1, 0.15) is 17.0 Å². The summed E-state index contributed by atoms with van der Waals surface area (Å²) in [4.78, 5) is 24.8.